The Morgan fingerprint density at radius 2 is 1.84 bits per heavy atom. The Bertz CT molecular complexity index is 1380. The number of sulfonamides is 1. The number of halogens is 1. The van der Waals surface area contributed by atoms with E-state index in [0.717, 1.165) is 33.2 Å². The van der Waals surface area contributed by atoms with Crippen LogP contribution in [0.5, 0.6) is 0 Å². The number of nitrogen functional groups attached to an aromatic ring is 1. The molecule has 4 aromatic rings. The van der Waals surface area contributed by atoms with Gasteiger partial charge in [-0.2, -0.15) is 4.31 Å². The number of hydrogen-bond donors (Lipinski definition) is 1. The molecule has 0 bridgehead atoms. The van der Waals surface area contributed by atoms with Gasteiger partial charge in [-0.15, -0.1) is 11.3 Å². The molecule has 0 saturated carbocycles. The molecule has 1 fully saturated rings. The second-order valence-electron chi connectivity index (χ2n) is 7.55. The summed E-state index contributed by atoms with van der Waals surface area (Å²) in [6.45, 7) is 2.99. The van der Waals surface area contributed by atoms with Crippen molar-refractivity contribution in [3.63, 3.8) is 0 Å². The van der Waals surface area contributed by atoms with Gasteiger partial charge in [-0.25, -0.2) is 13.4 Å². The van der Waals surface area contributed by atoms with Crippen LogP contribution in [0, 0.1) is 0 Å². The van der Waals surface area contributed by atoms with Crippen molar-refractivity contribution in [2.24, 2.45) is 0 Å². The van der Waals surface area contributed by atoms with E-state index in [2.05, 4.69) is 14.9 Å². The number of nitrogens with two attached hydrogens (primary N) is 1. The van der Waals surface area contributed by atoms with E-state index in [4.69, 9.17) is 17.3 Å². The van der Waals surface area contributed by atoms with Gasteiger partial charge in [-0.05, 0) is 41.3 Å². The lowest BCUT2D eigenvalue weighted by Gasteiger charge is -2.33. The molecule has 1 saturated heterocycles. The fraction of sp³-hybridized carbons (Fsp3) is 0.238. The predicted octanol–water partition coefficient (Wildman–Crippen LogP) is 3.59. The summed E-state index contributed by atoms with van der Waals surface area (Å²) in [5.74, 6) is 0.402. The SMILES string of the molecule is Nc1cnc2cc(CN3CCN(S(=O)(=O)c4cc5ccc(Cl)cc5s4)CC3)ccc2n1. The zero-order valence-electron chi connectivity index (χ0n) is 16.5. The molecule has 0 unspecified atom stereocenters. The van der Waals surface area contributed by atoms with Crippen molar-refractivity contribution in [2.75, 3.05) is 31.9 Å². The van der Waals surface area contributed by atoms with Crippen LogP contribution in [0.3, 0.4) is 0 Å². The molecule has 160 valence electrons. The van der Waals surface area contributed by atoms with Crippen molar-refractivity contribution in [1.29, 1.82) is 0 Å². The number of anilines is 1. The summed E-state index contributed by atoms with van der Waals surface area (Å²) in [5.41, 5.74) is 8.38. The Morgan fingerprint density at radius 1 is 1.03 bits per heavy atom. The summed E-state index contributed by atoms with van der Waals surface area (Å²) < 4.78 is 29.1. The summed E-state index contributed by atoms with van der Waals surface area (Å²) in [6.07, 6.45) is 1.55. The van der Waals surface area contributed by atoms with Crippen LogP contribution in [0.1, 0.15) is 5.56 Å². The maximum absolute atomic E-state index is 13.1. The highest BCUT2D eigenvalue weighted by molar-refractivity contribution is 7.91. The molecule has 0 radical (unpaired) electrons. The molecule has 10 heteroatoms. The number of fused-ring (bicyclic) bond motifs is 2. The molecule has 1 aliphatic rings. The number of nitrogens with zero attached hydrogens (tertiary/aromatic N) is 4. The molecule has 31 heavy (non-hydrogen) atoms. The van der Waals surface area contributed by atoms with Crippen LogP contribution in [-0.2, 0) is 16.6 Å². The number of benzene rings is 2. The van der Waals surface area contributed by atoms with E-state index in [1.165, 1.54) is 11.3 Å². The van der Waals surface area contributed by atoms with E-state index in [9.17, 15) is 8.42 Å². The van der Waals surface area contributed by atoms with Crippen molar-refractivity contribution in [1.82, 2.24) is 19.2 Å². The number of piperazine rings is 1. The van der Waals surface area contributed by atoms with Crippen LogP contribution in [-0.4, -0.2) is 53.8 Å². The Kier molecular flexibility index (Phi) is 5.31. The van der Waals surface area contributed by atoms with E-state index in [0.29, 0.717) is 41.2 Å². The first-order valence-corrected chi connectivity index (χ1v) is 12.4. The number of hydrogen-bond acceptors (Lipinski definition) is 7. The largest absolute Gasteiger partial charge is 0.382 e. The molecule has 7 nitrogen and oxygen atoms in total. The van der Waals surface area contributed by atoms with Gasteiger partial charge < -0.3 is 5.73 Å². The zero-order valence-corrected chi connectivity index (χ0v) is 18.9. The average molecular weight is 474 g/mol. The van der Waals surface area contributed by atoms with Crippen molar-refractivity contribution in [3.05, 3.63) is 59.2 Å². The second-order valence-corrected chi connectivity index (χ2v) is 11.2. The van der Waals surface area contributed by atoms with Crippen LogP contribution < -0.4 is 5.73 Å². The summed E-state index contributed by atoms with van der Waals surface area (Å²) in [7, 11) is -3.51. The van der Waals surface area contributed by atoms with Gasteiger partial charge >= 0.3 is 0 Å². The van der Waals surface area contributed by atoms with Crippen LogP contribution in [0.25, 0.3) is 21.1 Å². The molecule has 2 aromatic heterocycles. The number of thiophene rings is 1. The molecule has 2 aromatic carbocycles. The van der Waals surface area contributed by atoms with Crippen molar-refractivity contribution in [2.45, 2.75) is 10.8 Å². The molecule has 1 aliphatic heterocycles. The van der Waals surface area contributed by atoms with Gasteiger partial charge in [-0.3, -0.25) is 9.88 Å². The highest BCUT2D eigenvalue weighted by atomic mass is 35.5. The molecule has 0 atom stereocenters. The van der Waals surface area contributed by atoms with Crippen molar-refractivity contribution < 1.29 is 8.42 Å². The third kappa shape index (κ3) is 4.11. The Balaban J connectivity index is 1.27. The van der Waals surface area contributed by atoms with Crippen molar-refractivity contribution in [3.8, 4) is 0 Å². The van der Waals surface area contributed by atoms with E-state index in [-0.39, 0.29) is 0 Å². The van der Waals surface area contributed by atoms with Gasteiger partial charge in [0.05, 0.1) is 17.2 Å². The van der Waals surface area contributed by atoms with Gasteiger partial charge in [0, 0.05) is 42.4 Å². The highest BCUT2D eigenvalue weighted by Gasteiger charge is 2.30. The Hall–Kier alpha value is -2.30. The maximum atomic E-state index is 13.1. The van der Waals surface area contributed by atoms with Crippen LogP contribution in [0.15, 0.2) is 52.9 Å². The molecule has 0 aliphatic carbocycles. The summed E-state index contributed by atoms with van der Waals surface area (Å²) in [5, 5.41) is 1.50. The molecule has 2 N–H and O–H groups in total. The third-order valence-corrected chi connectivity index (χ3v) is 9.10. The van der Waals surface area contributed by atoms with E-state index in [1.54, 1.807) is 28.7 Å². The number of aromatic nitrogens is 2. The summed E-state index contributed by atoms with van der Waals surface area (Å²) in [6, 6.07) is 13.1. The third-order valence-electron chi connectivity index (χ3n) is 5.42. The lowest BCUT2D eigenvalue weighted by atomic mass is 10.1. The van der Waals surface area contributed by atoms with Crippen LogP contribution in [0.2, 0.25) is 5.02 Å². The molecular weight excluding hydrogens is 454 g/mol. The van der Waals surface area contributed by atoms with E-state index >= 15 is 0 Å². The van der Waals surface area contributed by atoms with Gasteiger partial charge in [-0.1, -0.05) is 23.7 Å². The van der Waals surface area contributed by atoms with Crippen LogP contribution >= 0.6 is 22.9 Å². The molecule has 3 heterocycles. The lowest BCUT2D eigenvalue weighted by molar-refractivity contribution is 0.182. The van der Waals surface area contributed by atoms with E-state index in [1.807, 2.05) is 24.3 Å². The Morgan fingerprint density at radius 3 is 2.65 bits per heavy atom. The summed E-state index contributed by atoms with van der Waals surface area (Å²) in [4.78, 5) is 10.9. The topological polar surface area (TPSA) is 92.4 Å². The molecule has 5 rings (SSSR count). The smallest absolute Gasteiger partial charge is 0.252 e. The molecular formula is C21H20ClN5O2S2. The van der Waals surface area contributed by atoms with Gasteiger partial charge in [0.25, 0.3) is 10.0 Å². The fourth-order valence-corrected chi connectivity index (χ4v) is 7.04. The van der Waals surface area contributed by atoms with Gasteiger partial charge in [0.15, 0.2) is 0 Å². The highest BCUT2D eigenvalue weighted by Crippen LogP contribution is 2.33. The number of rotatable bonds is 4. The molecule has 0 spiro atoms. The second kappa shape index (κ2) is 7.99. The first kappa shape index (κ1) is 20.6. The lowest BCUT2D eigenvalue weighted by Crippen LogP contribution is -2.48. The van der Waals surface area contributed by atoms with Gasteiger partial charge in [0.1, 0.15) is 10.0 Å². The monoisotopic (exact) mass is 473 g/mol. The standard InChI is InChI=1S/C21H20ClN5O2S2/c22-16-3-2-15-10-21(30-19(15)11-16)31(28,29)27-7-5-26(6-8-27)13-14-1-4-17-18(9-14)24-12-20(23)25-17/h1-4,9-12H,5-8,13H2,(H2,23,25). The normalized spacial score (nSPS) is 16.3. The first-order chi connectivity index (χ1) is 14.9. The van der Waals surface area contributed by atoms with Gasteiger partial charge in [0.2, 0.25) is 0 Å². The van der Waals surface area contributed by atoms with Crippen LogP contribution in [0.4, 0.5) is 5.82 Å². The fourth-order valence-electron chi connectivity index (χ4n) is 3.79. The minimum atomic E-state index is -3.51. The first-order valence-electron chi connectivity index (χ1n) is 9.81. The Labute approximate surface area is 189 Å². The summed E-state index contributed by atoms with van der Waals surface area (Å²) >= 11 is 7.31. The maximum Gasteiger partial charge on any atom is 0.252 e. The van der Waals surface area contributed by atoms with Crippen molar-refractivity contribution >= 4 is 59.9 Å². The zero-order chi connectivity index (χ0) is 21.6. The van der Waals surface area contributed by atoms with E-state index < -0.39 is 10.0 Å². The average Bonchev–Trinajstić information content (AvgIpc) is 3.18. The predicted molar refractivity (Wildman–Crippen MR) is 125 cm³/mol. The molecule has 0 amide bonds. The quantitative estimate of drug-likeness (QED) is 0.487. The minimum absolute atomic E-state index is 0.366. The minimum Gasteiger partial charge on any atom is -0.382 e.